The van der Waals surface area contributed by atoms with Gasteiger partial charge in [-0.05, 0) is 19.4 Å². The molecule has 1 aliphatic rings. The second-order valence-electron chi connectivity index (χ2n) is 6.03. The lowest BCUT2D eigenvalue weighted by molar-refractivity contribution is -0.135. The number of nitrogen functional groups attached to an aromatic ring is 1. The molecule has 1 atom stereocenters. The first-order valence-electron chi connectivity index (χ1n) is 8.34. The lowest BCUT2D eigenvalue weighted by atomic mass is 10.2. The monoisotopic (exact) mass is 382 g/mol. The third kappa shape index (κ3) is 7.07. The second-order valence-corrected chi connectivity index (χ2v) is 6.03. The Labute approximate surface area is 155 Å². The molecule has 2 aromatic rings. The summed E-state index contributed by atoms with van der Waals surface area (Å²) in [5.41, 5.74) is 13.3. The Hall–Kier alpha value is -2.92. The highest BCUT2D eigenvalue weighted by Crippen LogP contribution is 2.22. The first kappa shape index (κ1) is 22.1. The van der Waals surface area contributed by atoms with E-state index in [0.717, 1.165) is 38.9 Å². The van der Waals surface area contributed by atoms with E-state index >= 15 is 0 Å². The summed E-state index contributed by atoms with van der Waals surface area (Å²) in [6, 6.07) is 0.421. The molecule has 0 saturated carbocycles. The highest BCUT2D eigenvalue weighted by molar-refractivity contribution is 5.78. The summed E-state index contributed by atoms with van der Waals surface area (Å²) >= 11 is 0. The van der Waals surface area contributed by atoms with Crippen LogP contribution in [0.15, 0.2) is 11.0 Å². The number of likely N-dealkylation sites (tertiary alicyclic amines) is 1. The van der Waals surface area contributed by atoms with E-state index in [9.17, 15) is 4.79 Å². The number of nitrogens with zero attached hydrogens (tertiary/aromatic N) is 2. The fourth-order valence-corrected chi connectivity index (χ4v) is 2.79. The molecule has 150 valence electrons. The average Bonchev–Trinajstić information content (AvgIpc) is 3.14. The van der Waals surface area contributed by atoms with Gasteiger partial charge in [-0.3, -0.25) is 24.3 Å². The minimum Gasteiger partial charge on any atom is -0.481 e. The van der Waals surface area contributed by atoms with Crippen molar-refractivity contribution in [2.45, 2.75) is 39.3 Å². The number of hydrogen-bond acceptors (Lipinski definition) is 7. The van der Waals surface area contributed by atoms with E-state index in [1.165, 1.54) is 6.42 Å². The summed E-state index contributed by atoms with van der Waals surface area (Å²) in [5, 5.41) is 14.8. The molecule has 1 aliphatic heterocycles. The molecule has 0 unspecified atom stereocenters. The summed E-state index contributed by atoms with van der Waals surface area (Å²) < 4.78 is 0. The first-order chi connectivity index (χ1) is 12.6. The number of anilines is 1. The van der Waals surface area contributed by atoms with E-state index in [0.29, 0.717) is 23.6 Å². The summed E-state index contributed by atoms with van der Waals surface area (Å²) in [6.07, 6.45) is 4.13. The molecule has 0 amide bonds. The maximum absolute atomic E-state index is 11.7. The molecule has 1 saturated heterocycles. The number of carbonyl (C=O) groups is 2. The topological polar surface area (TPSA) is 191 Å². The fourth-order valence-electron chi connectivity index (χ4n) is 2.79. The molecular formula is C16H26N6O5. The molecule has 8 N–H and O–H groups in total. The molecule has 0 aromatic carbocycles. The quantitative estimate of drug-likeness (QED) is 0.422. The lowest BCUT2D eigenvalue weighted by Gasteiger charge is -2.22. The molecule has 0 radical (unpaired) electrons. The van der Waals surface area contributed by atoms with Crippen molar-refractivity contribution in [3.63, 3.8) is 0 Å². The molecular weight excluding hydrogens is 356 g/mol. The Morgan fingerprint density at radius 2 is 1.93 bits per heavy atom. The van der Waals surface area contributed by atoms with E-state index in [4.69, 9.17) is 31.3 Å². The van der Waals surface area contributed by atoms with Crippen molar-refractivity contribution in [2.75, 3.05) is 18.8 Å². The van der Waals surface area contributed by atoms with Gasteiger partial charge in [0.15, 0.2) is 0 Å². The van der Waals surface area contributed by atoms with Gasteiger partial charge in [0.2, 0.25) is 5.95 Å². The van der Waals surface area contributed by atoms with Crippen LogP contribution >= 0.6 is 0 Å². The number of nitrogens with one attached hydrogen (secondary N) is 2. The summed E-state index contributed by atoms with van der Waals surface area (Å²) in [6.45, 7) is 4.61. The second kappa shape index (κ2) is 10.3. The van der Waals surface area contributed by atoms with Gasteiger partial charge in [-0.1, -0.05) is 0 Å². The van der Waals surface area contributed by atoms with Crippen molar-refractivity contribution in [2.24, 2.45) is 5.73 Å². The number of aromatic nitrogens is 3. The molecule has 0 aliphatic carbocycles. The summed E-state index contributed by atoms with van der Waals surface area (Å²) in [4.78, 5) is 41.7. The largest absolute Gasteiger partial charge is 0.481 e. The molecule has 0 spiro atoms. The van der Waals surface area contributed by atoms with Crippen molar-refractivity contribution in [3.05, 3.63) is 22.1 Å². The van der Waals surface area contributed by atoms with Crippen LogP contribution in [0.2, 0.25) is 0 Å². The fraction of sp³-hybridized carbons (Fsp3) is 0.500. The van der Waals surface area contributed by atoms with Crippen LogP contribution in [0.1, 0.15) is 32.3 Å². The van der Waals surface area contributed by atoms with Gasteiger partial charge in [0.25, 0.3) is 17.5 Å². The minimum absolute atomic E-state index is 0.148. The average molecular weight is 382 g/mol. The van der Waals surface area contributed by atoms with Gasteiger partial charge in [-0.25, -0.2) is 4.98 Å². The molecule has 11 heteroatoms. The molecule has 2 aromatic heterocycles. The molecule has 11 nitrogen and oxygen atoms in total. The minimum atomic E-state index is -0.833. The number of rotatable bonds is 3. The molecule has 0 bridgehead atoms. The number of H-pyrrole nitrogens is 2. The molecule has 3 rings (SSSR count). The van der Waals surface area contributed by atoms with Crippen LogP contribution in [-0.4, -0.2) is 61.1 Å². The van der Waals surface area contributed by atoms with Gasteiger partial charge in [0, 0.05) is 44.7 Å². The standard InChI is InChI=1S/C12H18N6O.2C2H4O2/c13-4-8-2-1-3-18(8)6-7-5-15-10-9(7)16-12(14)17-11(10)19;2*1-2(3)4/h5,8,15H,1-4,6,13H2,(H3,14,16,17,19);2*1H3,(H,3,4)/t8-;;/m0../s1. The maximum Gasteiger partial charge on any atom is 0.300 e. The maximum atomic E-state index is 11.7. The Morgan fingerprint density at radius 3 is 2.48 bits per heavy atom. The summed E-state index contributed by atoms with van der Waals surface area (Å²) in [5.74, 6) is -1.52. The normalized spacial score (nSPS) is 16.2. The van der Waals surface area contributed by atoms with Gasteiger partial charge >= 0.3 is 0 Å². The number of hydrogen-bond donors (Lipinski definition) is 6. The zero-order chi connectivity index (χ0) is 20.6. The first-order valence-corrected chi connectivity index (χ1v) is 8.34. The van der Waals surface area contributed by atoms with Gasteiger partial charge in [0.05, 0.1) is 0 Å². The van der Waals surface area contributed by atoms with Gasteiger partial charge in [-0.15, -0.1) is 0 Å². The lowest BCUT2D eigenvalue weighted by Crippen LogP contribution is -2.34. The Balaban J connectivity index is 0.000000390. The van der Waals surface area contributed by atoms with Crippen LogP contribution in [0.4, 0.5) is 5.95 Å². The van der Waals surface area contributed by atoms with Crippen LogP contribution in [0.25, 0.3) is 11.0 Å². The Kier molecular flexibility index (Phi) is 8.42. The van der Waals surface area contributed by atoms with E-state index in [-0.39, 0.29) is 11.5 Å². The van der Waals surface area contributed by atoms with E-state index in [1.54, 1.807) is 0 Å². The van der Waals surface area contributed by atoms with Crippen LogP contribution in [0.3, 0.4) is 0 Å². The number of fused-ring (bicyclic) bond motifs is 1. The zero-order valence-corrected chi connectivity index (χ0v) is 15.4. The highest BCUT2D eigenvalue weighted by atomic mass is 16.4. The third-order valence-electron chi connectivity index (χ3n) is 3.78. The van der Waals surface area contributed by atoms with E-state index in [2.05, 4.69) is 19.9 Å². The van der Waals surface area contributed by atoms with Crippen molar-refractivity contribution in [1.82, 2.24) is 19.9 Å². The van der Waals surface area contributed by atoms with Crippen molar-refractivity contribution < 1.29 is 19.8 Å². The van der Waals surface area contributed by atoms with Gasteiger partial charge in [-0.2, -0.15) is 0 Å². The van der Waals surface area contributed by atoms with E-state index < -0.39 is 11.9 Å². The van der Waals surface area contributed by atoms with Crippen molar-refractivity contribution in [3.8, 4) is 0 Å². The molecule has 3 heterocycles. The number of carboxylic acids is 2. The predicted molar refractivity (Wildman–Crippen MR) is 100 cm³/mol. The van der Waals surface area contributed by atoms with Crippen LogP contribution in [-0.2, 0) is 16.1 Å². The van der Waals surface area contributed by atoms with E-state index in [1.807, 2.05) is 6.20 Å². The number of nitrogens with two attached hydrogens (primary N) is 2. The van der Waals surface area contributed by atoms with Gasteiger partial charge in [0.1, 0.15) is 11.0 Å². The van der Waals surface area contributed by atoms with Crippen LogP contribution in [0.5, 0.6) is 0 Å². The van der Waals surface area contributed by atoms with Crippen LogP contribution in [0, 0.1) is 0 Å². The van der Waals surface area contributed by atoms with Crippen LogP contribution < -0.4 is 17.0 Å². The van der Waals surface area contributed by atoms with Gasteiger partial charge < -0.3 is 26.7 Å². The SMILES string of the molecule is CC(=O)O.CC(=O)O.NC[C@@H]1CCCN1Cc1c[nH]c2c(=O)[nH]c(N)nc12. The number of carboxylic acid groups (broad SMARTS) is 2. The smallest absolute Gasteiger partial charge is 0.300 e. The third-order valence-corrected chi connectivity index (χ3v) is 3.78. The summed E-state index contributed by atoms with van der Waals surface area (Å²) in [7, 11) is 0. The predicted octanol–water partition coefficient (Wildman–Crippen LogP) is -0.0617. The number of aliphatic carboxylic acids is 2. The van der Waals surface area contributed by atoms with Crippen molar-refractivity contribution >= 4 is 28.9 Å². The molecule has 1 fully saturated rings. The number of aromatic amines is 2. The van der Waals surface area contributed by atoms with Crippen molar-refractivity contribution in [1.29, 1.82) is 0 Å². The zero-order valence-electron chi connectivity index (χ0n) is 15.4. The Bertz CT molecular complexity index is 810. The Morgan fingerprint density at radius 1 is 1.33 bits per heavy atom. The molecule has 27 heavy (non-hydrogen) atoms. The highest BCUT2D eigenvalue weighted by Gasteiger charge is 2.24.